The summed E-state index contributed by atoms with van der Waals surface area (Å²) >= 11 is 0. The number of carbonyl (C=O) groups is 2. The third-order valence-corrected chi connectivity index (χ3v) is 15.9. The van der Waals surface area contributed by atoms with E-state index in [4.69, 9.17) is 13.8 Å². The van der Waals surface area contributed by atoms with Gasteiger partial charge in [0.1, 0.15) is 19.3 Å². The zero-order valence-corrected chi connectivity index (χ0v) is 56.7. The molecule has 2 N–H and O–H groups in total. The van der Waals surface area contributed by atoms with Crippen molar-refractivity contribution in [2.24, 2.45) is 0 Å². The number of quaternary nitrogens is 1. The lowest BCUT2D eigenvalue weighted by atomic mass is 10.0. The second-order valence-corrected chi connectivity index (χ2v) is 25.8. The highest BCUT2D eigenvalue weighted by atomic mass is 31.2. The van der Waals surface area contributed by atoms with Gasteiger partial charge in [0, 0.05) is 12.8 Å². The molecule has 0 fully saturated rings. The third-order valence-electron chi connectivity index (χ3n) is 14.9. The van der Waals surface area contributed by atoms with Crippen LogP contribution in [0.2, 0.25) is 0 Å². The Kier molecular flexibility index (Phi) is 60.8. The predicted molar refractivity (Wildman–Crippen MR) is 369 cm³/mol. The molecule has 85 heavy (non-hydrogen) atoms. The molecule has 0 aliphatic rings. The maximum Gasteiger partial charge on any atom is 0.472 e. The molecule has 0 aromatic carbocycles. The van der Waals surface area contributed by atoms with E-state index in [9.17, 15) is 19.0 Å². The molecule has 10 heteroatoms. The Hall–Kier alpha value is -3.59. The molecule has 488 valence electrons. The highest BCUT2D eigenvalue weighted by Crippen LogP contribution is 2.43. The van der Waals surface area contributed by atoms with Crippen molar-refractivity contribution in [2.75, 3.05) is 40.9 Å². The molecule has 0 aromatic heterocycles. The van der Waals surface area contributed by atoms with Crippen LogP contribution in [-0.4, -0.2) is 74.3 Å². The molecule has 3 atom stereocenters. The summed E-state index contributed by atoms with van der Waals surface area (Å²) in [5.41, 5.74) is 0. The van der Waals surface area contributed by atoms with Crippen molar-refractivity contribution >= 4 is 19.7 Å². The summed E-state index contributed by atoms with van der Waals surface area (Å²) in [5, 5.41) is 3.06. The van der Waals surface area contributed by atoms with Crippen molar-refractivity contribution in [3.63, 3.8) is 0 Å². The minimum atomic E-state index is -4.47. The van der Waals surface area contributed by atoms with Crippen LogP contribution >= 0.6 is 7.82 Å². The molecule has 1 amide bonds. The fraction of sp³-hybridized carbons (Fsp3) is 0.707. The Bertz CT molecular complexity index is 1870. The topological polar surface area (TPSA) is 111 Å². The van der Waals surface area contributed by atoms with Gasteiger partial charge in [0.15, 0.2) is 0 Å². The molecule has 0 aliphatic heterocycles. The van der Waals surface area contributed by atoms with Crippen molar-refractivity contribution in [1.82, 2.24) is 5.32 Å². The summed E-state index contributed by atoms with van der Waals surface area (Å²) in [6.07, 6.45) is 89.2. The van der Waals surface area contributed by atoms with Crippen LogP contribution in [0.15, 0.2) is 122 Å². The van der Waals surface area contributed by atoms with Gasteiger partial charge in [-0.15, -0.1) is 0 Å². The summed E-state index contributed by atoms with van der Waals surface area (Å²) in [7, 11) is 1.47. The lowest BCUT2D eigenvalue weighted by Gasteiger charge is -2.27. The molecule has 0 spiro atoms. The number of ether oxygens (including phenoxy) is 1. The fourth-order valence-corrected chi connectivity index (χ4v) is 10.3. The van der Waals surface area contributed by atoms with E-state index in [1.807, 2.05) is 33.3 Å². The number of phosphoric ester groups is 1. The smallest absolute Gasteiger partial charge is 0.456 e. The number of carbonyl (C=O) groups excluding carboxylic acids is 2. The van der Waals surface area contributed by atoms with E-state index < -0.39 is 20.0 Å². The van der Waals surface area contributed by atoms with Crippen LogP contribution in [0.25, 0.3) is 0 Å². The number of nitrogens with one attached hydrogen (secondary N) is 1. The van der Waals surface area contributed by atoms with E-state index in [-0.39, 0.29) is 31.5 Å². The van der Waals surface area contributed by atoms with Gasteiger partial charge in [-0.1, -0.05) is 277 Å². The molecule has 0 aromatic rings. The van der Waals surface area contributed by atoms with Gasteiger partial charge in [-0.2, -0.15) is 0 Å². The van der Waals surface area contributed by atoms with E-state index in [0.717, 1.165) is 141 Å². The monoisotopic (exact) mass is 1200 g/mol. The zero-order chi connectivity index (χ0) is 62.1. The van der Waals surface area contributed by atoms with Gasteiger partial charge in [-0.3, -0.25) is 18.6 Å². The van der Waals surface area contributed by atoms with Crippen molar-refractivity contribution in [1.29, 1.82) is 0 Å². The first-order valence-corrected chi connectivity index (χ1v) is 36.4. The number of nitrogens with zero attached hydrogens (tertiary/aromatic N) is 1. The number of allylic oxidation sites excluding steroid dienone is 19. The molecule has 0 rings (SSSR count). The lowest BCUT2D eigenvalue weighted by Crippen LogP contribution is -2.47. The van der Waals surface area contributed by atoms with Gasteiger partial charge in [0.25, 0.3) is 0 Å². The Labute approximate surface area is 524 Å². The first-order chi connectivity index (χ1) is 41.4. The summed E-state index contributed by atoms with van der Waals surface area (Å²) in [6, 6.07) is -0.866. The number of likely N-dealkylation sites (N-methyl/N-ethyl adjacent to an activating group) is 1. The van der Waals surface area contributed by atoms with Crippen LogP contribution in [0.3, 0.4) is 0 Å². The van der Waals surface area contributed by atoms with Crippen LogP contribution < -0.4 is 5.32 Å². The Balaban J connectivity index is 5.12. The number of phosphoric acid groups is 1. The quantitative estimate of drug-likeness (QED) is 0.0205. The number of amides is 1. The lowest BCUT2D eigenvalue weighted by molar-refractivity contribution is -0.870. The van der Waals surface area contributed by atoms with Gasteiger partial charge >= 0.3 is 13.8 Å². The normalized spacial score (nSPS) is 14.3. The van der Waals surface area contributed by atoms with Crippen molar-refractivity contribution in [3.8, 4) is 0 Å². The standard InChI is InChI=1S/C75H131N2O7P/c1-7-10-13-16-19-22-25-27-29-31-33-35-37-38-40-42-44-46-48-50-53-56-59-62-65-68-75(79)84-73(66-63-60-57-54-51-24-21-18-15-12-9-3)72(71-83-85(80,81)82-70-69-77(4,5)6)76-74(78)67-64-61-58-55-52-49-47-45-43-41-39-36-34-32-30-28-26-23-20-17-14-11-8-2/h10,13,19-20,22-23,27-30,33-36,38,40,44,46,63,66,72-73H,7-9,11-12,14-18,21,24-26,31-32,37,39,41-43,45,47-62,64-65,67-71H2,1-6H3,(H-,76,78,80,81)/p+1/b13-10-,22-19-,23-20-,29-27-,30-28-,35-33-,36-34-,40-38-,46-44-,66-63+. The second-order valence-electron chi connectivity index (χ2n) is 24.3. The SMILES string of the molecule is CC/C=C\C/C=C\C/C=C\C/C=C\C/C=C\C/C=C\CCCCCCCCC(=O)OC(/C=C/CCCCCCCCCCC)C(COP(=O)(O)OCC[N+](C)(C)C)NC(=O)CCCCCCCCCCCC/C=C\C/C=C\C/C=C\CCCCC. The largest absolute Gasteiger partial charge is 0.472 e. The molecule has 0 aliphatic carbocycles. The van der Waals surface area contributed by atoms with E-state index >= 15 is 0 Å². The van der Waals surface area contributed by atoms with E-state index in [2.05, 4.69) is 135 Å². The summed E-state index contributed by atoms with van der Waals surface area (Å²) < 4.78 is 30.8. The number of esters is 1. The van der Waals surface area contributed by atoms with Crippen LogP contribution in [0.1, 0.15) is 290 Å². The highest BCUT2D eigenvalue weighted by Gasteiger charge is 2.30. The highest BCUT2D eigenvalue weighted by molar-refractivity contribution is 7.47. The first kappa shape index (κ1) is 81.4. The average Bonchev–Trinajstić information content (AvgIpc) is 3.58. The molecular formula is C75H132N2O7P+. The third kappa shape index (κ3) is 64.7. The van der Waals surface area contributed by atoms with E-state index in [1.165, 1.54) is 109 Å². The predicted octanol–water partition coefficient (Wildman–Crippen LogP) is 22.2. The average molecular weight is 1200 g/mol. The van der Waals surface area contributed by atoms with E-state index in [0.29, 0.717) is 23.9 Å². The summed E-state index contributed by atoms with van der Waals surface area (Å²) in [6.45, 7) is 6.86. The molecule has 9 nitrogen and oxygen atoms in total. The number of hydrogen-bond acceptors (Lipinski definition) is 6. The van der Waals surface area contributed by atoms with Crippen molar-refractivity contribution < 1.29 is 37.3 Å². The molecule has 0 bridgehead atoms. The minimum absolute atomic E-state index is 0.0309. The Morgan fingerprint density at radius 1 is 0.424 bits per heavy atom. The molecule has 0 saturated heterocycles. The van der Waals surface area contributed by atoms with Crippen LogP contribution in [-0.2, 0) is 27.9 Å². The van der Waals surface area contributed by atoms with Gasteiger partial charge in [-0.25, -0.2) is 4.57 Å². The van der Waals surface area contributed by atoms with Crippen LogP contribution in [0.5, 0.6) is 0 Å². The molecule has 0 heterocycles. The van der Waals surface area contributed by atoms with Gasteiger partial charge in [-0.05, 0) is 122 Å². The first-order valence-electron chi connectivity index (χ1n) is 34.9. The molecular weight excluding hydrogens is 1070 g/mol. The van der Waals surface area contributed by atoms with Gasteiger partial charge < -0.3 is 19.4 Å². The summed E-state index contributed by atoms with van der Waals surface area (Å²) in [5.74, 6) is -0.530. The Morgan fingerprint density at radius 3 is 1.15 bits per heavy atom. The van der Waals surface area contributed by atoms with Crippen LogP contribution in [0.4, 0.5) is 0 Å². The molecule has 0 saturated carbocycles. The maximum atomic E-state index is 13.6. The van der Waals surface area contributed by atoms with Crippen molar-refractivity contribution in [2.45, 2.75) is 303 Å². The molecule has 0 radical (unpaired) electrons. The number of hydrogen-bond donors (Lipinski definition) is 2. The summed E-state index contributed by atoms with van der Waals surface area (Å²) in [4.78, 5) is 37.9. The zero-order valence-electron chi connectivity index (χ0n) is 55.8. The second kappa shape index (κ2) is 63.4. The Morgan fingerprint density at radius 2 is 0.753 bits per heavy atom. The number of unbranched alkanes of at least 4 members (excludes halogenated alkanes) is 28. The minimum Gasteiger partial charge on any atom is -0.456 e. The fourth-order valence-electron chi connectivity index (χ4n) is 9.54. The van der Waals surface area contributed by atoms with Crippen molar-refractivity contribution in [3.05, 3.63) is 122 Å². The van der Waals surface area contributed by atoms with Crippen LogP contribution in [0, 0.1) is 0 Å². The maximum absolute atomic E-state index is 13.6. The molecule has 3 unspecified atom stereocenters. The van der Waals surface area contributed by atoms with Gasteiger partial charge in [0.2, 0.25) is 5.91 Å². The van der Waals surface area contributed by atoms with Gasteiger partial charge in [0.05, 0.1) is 33.8 Å². The number of rotatable bonds is 62. The van der Waals surface area contributed by atoms with E-state index in [1.54, 1.807) is 0 Å².